The van der Waals surface area contributed by atoms with E-state index in [0.29, 0.717) is 0 Å². The van der Waals surface area contributed by atoms with Gasteiger partial charge >= 0.3 is 0 Å². The zero-order chi connectivity index (χ0) is 14.8. The van der Waals surface area contributed by atoms with Crippen LogP contribution < -0.4 is 10.6 Å². The number of aryl methyl sites for hydroxylation is 2. The molecule has 0 atom stereocenters. The van der Waals surface area contributed by atoms with Gasteiger partial charge in [0.15, 0.2) is 11.6 Å². The number of nitrogens with one attached hydrogen (secondary N) is 2. The first kappa shape index (κ1) is 13.4. The molecule has 2 N–H and O–H groups in total. The summed E-state index contributed by atoms with van der Waals surface area (Å²) in [4.78, 5) is 9.25. The van der Waals surface area contributed by atoms with Crippen LogP contribution in [-0.2, 0) is 0 Å². The summed E-state index contributed by atoms with van der Waals surface area (Å²) in [6, 6.07) is 14.1. The van der Waals surface area contributed by atoms with Crippen molar-refractivity contribution in [2.24, 2.45) is 0 Å². The lowest BCUT2D eigenvalue weighted by atomic mass is 10.1. The number of nitrogens with zero attached hydrogens (tertiary/aromatic N) is 2. The maximum absolute atomic E-state index is 4.66. The molecule has 3 aromatic rings. The van der Waals surface area contributed by atoms with Crippen molar-refractivity contribution in [2.75, 3.05) is 17.7 Å². The molecule has 106 valence electrons. The summed E-state index contributed by atoms with van der Waals surface area (Å²) in [5.41, 5.74) is 5.30. The Morgan fingerprint density at radius 2 is 1.48 bits per heavy atom. The Balaban J connectivity index is 2.04. The van der Waals surface area contributed by atoms with Crippen LogP contribution in [0.2, 0.25) is 0 Å². The largest absolute Gasteiger partial charge is 0.370 e. The fourth-order valence-corrected chi connectivity index (χ4v) is 2.22. The van der Waals surface area contributed by atoms with Crippen LogP contribution in [0.4, 0.5) is 17.3 Å². The maximum atomic E-state index is 4.66. The Morgan fingerprint density at radius 3 is 2.10 bits per heavy atom. The van der Waals surface area contributed by atoms with E-state index in [9.17, 15) is 0 Å². The molecule has 0 spiro atoms. The molecule has 0 saturated carbocycles. The molecular weight excluding hydrogens is 260 g/mol. The molecule has 0 bridgehead atoms. The molecule has 0 unspecified atom stereocenters. The van der Waals surface area contributed by atoms with Crippen LogP contribution >= 0.6 is 0 Å². The quantitative estimate of drug-likeness (QED) is 0.759. The second-order valence-corrected chi connectivity index (χ2v) is 5.08. The van der Waals surface area contributed by atoms with Crippen LogP contribution in [0.5, 0.6) is 0 Å². The van der Waals surface area contributed by atoms with Gasteiger partial charge in [-0.15, -0.1) is 0 Å². The molecule has 0 amide bonds. The zero-order valence-electron chi connectivity index (χ0n) is 12.4. The number of hydrogen-bond acceptors (Lipinski definition) is 4. The van der Waals surface area contributed by atoms with E-state index in [2.05, 4.69) is 52.6 Å². The number of benzene rings is 2. The van der Waals surface area contributed by atoms with Crippen LogP contribution in [0, 0.1) is 13.8 Å². The Labute approximate surface area is 124 Å². The SMILES string of the molecule is CNc1nc2ccccc2nc1Nc1ccc(C)c(C)c1. The highest BCUT2D eigenvalue weighted by Gasteiger charge is 2.08. The van der Waals surface area contributed by atoms with E-state index in [1.54, 1.807) is 0 Å². The van der Waals surface area contributed by atoms with E-state index >= 15 is 0 Å². The van der Waals surface area contributed by atoms with E-state index in [-0.39, 0.29) is 0 Å². The predicted molar refractivity (Wildman–Crippen MR) is 88.3 cm³/mol. The van der Waals surface area contributed by atoms with Crippen molar-refractivity contribution >= 4 is 28.4 Å². The Kier molecular flexibility index (Phi) is 3.44. The van der Waals surface area contributed by atoms with Crippen molar-refractivity contribution < 1.29 is 0 Å². The summed E-state index contributed by atoms with van der Waals surface area (Å²) in [6.45, 7) is 4.21. The van der Waals surface area contributed by atoms with Crippen molar-refractivity contribution in [3.63, 3.8) is 0 Å². The van der Waals surface area contributed by atoms with Crippen LogP contribution in [0.15, 0.2) is 42.5 Å². The van der Waals surface area contributed by atoms with Crippen molar-refractivity contribution in [2.45, 2.75) is 13.8 Å². The number of aromatic nitrogens is 2. The molecule has 0 radical (unpaired) electrons. The van der Waals surface area contributed by atoms with Gasteiger partial charge in [-0.3, -0.25) is 0 Å². The molecule has 1 heterocycles. The summed E-state index contributed by atoms with van der Waals surface area (Å²) in [5.74, 6) is 1.48. The Morgan fingerprint density at radius 1 is 0.810 bits per heavy atom. The molecule has 2 aromatic carbocycles. The van der Waals surface area contributed by atoms with Crippen molar-refractivity contribution in [3.8, 4) is 0 Å². The Bertz CT molecular complexity index is 796. The molecule has 0 aliphatic rings. The highest BCUT2D eigenvalue weighted by Crippen LogP contribution is 2.25. The van der Waals surface area contributed by atoms with Crippen LogP contribution in [0.1, 0.15) is 11.1 Å². The topological polar surface area (TPSA) is 49.8 Å². The second kappa shape index (κ2) is 5.40. The monoisotopic (exact) mass is 278 g/mol. The van der Waals surface area contributed by atoms with Gasteiger partial charge in [0.2, 0.25) is 0 Å². The smallest absolute Gasteiger partial charge is 0.174 e. The highest BCUT2D eigenvalue weighted by molar-refractivity contribution is 5.81. The first-order valence-corrected chi connectivity index (χ1v) is 6.96. The third-order valence-electron chi connectivity index (χ3n) is 3.58. The fourth-order valence-electron chi connectivity index (χ4n) is 2.22. The summed E-state index contributed by atoms with van der Waals surface area (Å²) < 4.78 is 0. The minimum Gasteiger partial charge on any atom is -0.370 e. The number of anilines is 3. The third kappa shape index (κ3) is 2.65. The van der Waals surface area contributed by atoms with E-state index in [1.165, 1.54) is 11.1 Å². The van der Waals surface area contributed by atoms with Gasteiger partial charge in [-0.1, -0.05) is 18.2 Å². The van der Waals surface area contributed by atoms with Gasteiger partial charge in [0, 0.05) is 12.7 Å². The Hall–Kier alpha value is -2.62. The number of fused-ring (bicyclic) bond motifs is 1. The summed E-state index contributed by atoms with van der Waals surface area (Å²) in [7, 11) is 1.85. The lowest BCUT2D eigenvalue weighted by molar-refractivity contribution is 1.25. The van der Waals surface area contributed by atoms with Crippen LogP contribution in [0.25, 0.3) is 11.0 Å². The average Bonchev–Trinajstić information content (AvgIpc) is 2.50. The standard InChI is InChI=1S/C17H18N4/c1-11-8-9-13(10-12(11)2)19-17-16(18-3)20-14-6-4-5-7-15(14)21-17/h4-10H,1-3H3,(H,18,20)(H,19,21). The van der Waals surface area contributed by atoms with Crippen molar-refractivity contribution in [1.29, 1.82) is 0 Å². The van der Waals surface area contributed by atoms with Gasteiger partial charge in [0.05, 0.1) is 11.0 Å². The average molecular weight is 278 g/mol. The lowest BCUT2D eigenvalue weighted by Crippen LogP contribution is -2.03. The van der Waals surface area contributed by atoms with Gasteiger partial charge in [-0.25, -0.2) is 9.97 Å². The van der Waals surface area contributed by atoms with Crippen LogP contribution in [-0.4, -0.2) is 17.0 Å². The normalized spacial score (nSPS) is 10.6. The minimum atomic E-state index is 0.736. The molecule has 4 nitrogen and oxygen atoms in total. The molecule has 21 heavy (non-hydrogen) atoms. The molecule has 0 aliphatic carbocycles. The number of para-hydroxylation sites is 2. The van der Waals surface area contributed by atoms with E-state index in [4.69, 9.17) is 0 Å². The number of rotatable bonds is 3. The molecule has 1 aromatic heterocycles. The number of hydrogen-bond donors (Lipinski definition) is 2. The van der Waals surface area contributed by atoms with E-state index < -0.39 is 0 Å². The molecule has 4 heteroatoms. The van der Waals surface area contributed by atoms with Crippen molar-refractivity contribution in [1.82, 2.24) is 9.97 Å². The van der Waals surface area contributed by atoms with Gasteiger partial charge in [0.25, 0.3) is 0 Å². The first-order chi connectivity index (χ1) is 10.2. The molecule has 3 rings (SSSR count). The summed E-state index contributed by atoms with van der Waals surface area (Å²) >= 11 is 0. The van der Waals surface area contributed by atoms with Crippen LogP contribution in [0.3, 0.4) is 0 Å². The first-order valence-electron chi connectivity index (χ1n) is 6.96. The van der Waals surface area contributed by atoms with Gasteiger partial charge < -0.3 is 10.6 Å². The zero-order valence-corrected chi connectivity index (χ0v) is 12.4. The van der Waals surface area contributed by atoms with E-state index in [1.807, 2.05) is 31.3 Å². The molecule has 0 aliphatic heterocycles. The van der Waals surface area contributed by atoms with Gasteiger partial charge in [-0.05, 0) is 49.2 Å². The summed E-state index contributed by atoms with van der Waals surface area (Å²) in [6.07, 6.45) is 0. The highest BCUT2D eigenvalue weighted by atomic mass is 15.1. The molecular formula is C17H18N4. The van der Waals surface area contributed by atoms with Gasteiger partial charge in [0.1, 0.15) is 0 Å². The second-order valence-electron chi connectivity index (χ2n) is 5.08. The summed E-state index contributed by atoms with van der Waals surface area (Å²) in [5, 5.41) is 6.45. The van der Waals surface area contributed by atoms with Crippen molar-refractivity contribution in [3.05, 3.63) is 53.6 Å². The maximum Gasteiger partial charge on any atom is 0.174 e. The predicted octanol–water partition coefficient (Wildman–Crippen LogP) is 4.03. The minimum absolute atomic E-state index is 0.736. The third-order valence-corrected chi connectivity index (χ3v) is 3.58. The molecule has 0 saturated heterocycles. The van der Waals surface area contributed by atoms with E-state index in [0.717, 1.165) is 28.4 Å². The lowest BCUT2D eigenvalue weighted by Gasteiger charge is -2.12. The molecule has 0 fully saturated rings. The van der Waals surface area contributed by atoms with Gasteiger partial charge in [-0.2, -0.15) is 0 Å². The fraction of sp³-hybridized carbons (Fsp3) is 0.176.